The Labute approximate surface area is 97.0 Å². The molecule has 0 aliphatic heterocycles. The number of nitrogens with one attached hydrogen (secondary N) is 1. The molecule has 3 N–H and O–H groups in total. The van der Waals surface area contributed by atoms with Gasteiger partial charge in [-0.1, -0.05) is 25.6 Å². The molecule has 1 aromatic rings. The van der Waals surface area contributed by atoms with Crippen LogP contribution in [0.3, 0.4) is 0 Å². The number of rotatable bonds is 5. The van der Waals surface area contributed by atoms with E-state index in [-0.39, 0.29) is 11.5 Å². The second-order valence-corrected chi connectivity index (χ2v) is 4.49. The first kappa shape index (κ1) is 12.7. The Hall–Kier alpha value is -1.41. The number of hydrazine groups is 1. The van der Waals surface area contributed by atoms with Crippen molar-refractivity contribution in [2.75, 3.05) is 11.2 Å². The van der Waals surface area contributed by atoms with Gasteiger partial charge in [0.15, 0.2) is 5.03 Å². The van der Waals surface area contributed by atoms with Crippen LogP contribution in [-0.4, -0.2) is 20.6 Å². The van der Waals surface area contributed by atoms with Crippen LogP contribution in [0.4, 0.5) is 11.5 Å². The molecular formula is C8H13N5O2S. The van der Waals surface area contributed by atoms with Gasteiger partial charge in [-0.15, -0.1) is 0 Å². The lowest BCUT2D eigenvalue weighted by atomic mass is 10.3. The van der Waals surface area contributed by atoms with Crippen molar-refractivity contribution in [3.8, 4) is 0 Å². The lowest BCUT2D eigenvalue weighted by Gasteiger charge is -2.06. The molecule has 88 valence electrons. The van der Waals surface area contributed by atoms with Crippen LogP contribution in [0.1, 0.15) is 13.8 Å². The Morgan fingerprint density at radius 3 is 2.81 bits per heavy atom. The van der Waals surface area contributed by atoms with E-state index >= 15 is 0 Å². The minimum atomic E-state index is -0.530. The molecule has 8 heteroatoms. The van der Waals surface area contributed by atoms with E-state index in [9.17, 15) is 10.1 Å². The predicted octanol–water partition coefficient (Wildman–Crippen LogP) is 1.42. The zero-order chi connectivity index (χ0) is 12.1. The molecular weight excluding hydrogens is 230 g/mol. The van der Waals surface area contributed by atoms with Gasteiger partial charge < -0.3 is 5.43 Å². The fraction of sp³-hybridized carbons (Fsp3) is 0.500. The first-order chi connectivity index (χ1) is 7.56. The molecule has 1 rings (SSSR count). The highest BCUT2D eigenvalue weighted by atomic mass is 32.2. The lowest BCUT2D eigenvalue weighted by molar-refractivity contribution is -0.387. The predicted molar refractivity (Wildman–Crippen MR) is 62.1 cm³/mol. The molecule has 0 unspecified atom stereocenters. The molecule has 0 aliphatic carbocycles. The Kier molecular flexibility index (Phi) is 4.44. The van der Waals surface area contributed by atoms with Gasteiger partial charge >= 0.3 is 5.69 Å². The van der Waals surface area contributed by atoms with E-state index in [4.69, 9.17) is 5.84 Å². The maximum absolute atomic E-state index is 10.9. The molecule has 0 saturated heterocycles. The summed E-state index contributed by atoms with van der Waals surface area (Å²) in [5.41, 5.74) is 2.03. The summed E-state index contributed by atoms with van der Waals surface area (Å²) in [4.78, 5) is 17.9. The van der Waals surface area contributed by atoms with Crippen LogP contribution >= 0.6 is 11.8 Å². The number of thioether (sulfide) groups is 1. The number of nitrogen functional groups attached to an aromatic ring is 1. The van der Waals surface area contributed by atoms with Crippen LogP contribution in [0.25, 0.3) is 0 Å². The van der Waals surface area contributed by atoms with E-state index in [1.54, 1.807) is 0 Å². The molecule has 0 bridgehead atoms. The second kappa shape index (κ2) is 5.61. The van der Waals surface area contributed by atoms with Gasteiger partial charge in [-0.05, 0) is 5.92 Å². The fourth-order valence-electron chi connectivity index (χ4n) is 0.984. The maximum Gasteiger partial charge on any atom is 0.344 e. The fourth-order valence-corrected chi connectivity index (χ4v) is 1.90. The van der Waals surface area contributed by atoms with Gasteiger partial charge in [0.1, 0.15) is 6.33 Å². The highest BCUT2D eigenvalue weighted by Crippen LogP contribution is 2.32. The number of aromatic nitrogens is 2. The van der Waals surface area contributed by atoms with E-state index in [1.807, 2.05) is 13.8 Å². The van der Waals surface area contributed by atoms with Crippen molar-refractivity contribution < 1.29 is 4.92 Å². The van der Waals surface area contributed by atoms with Crippen LogP contribution in [0, 0.1) is 16.0 Å². The highest BCUT2D eigenvalue weighted by Gasteiger charge is 2.22. The van der Waals surface area contributed by atoms with E-state index in [0.717, 1.165) is 5.75 Å². The molecule has 7 nitrogen and oxygen atoms in total. The summed E-state index contributed by atoms with van der Waals surface area (Å²) in [5, 5.41) is 11.2. The summed E-state index contributed by atoms with van der Waals surface area (Å²) in [6.45, 7) is 4.06. The number of hydrogen-bond donors (Lipinski definition) is 2. The van der Waals surface area contributed by atoms with Gasteiger partial charge in [-0.3, -0.25) is 10.1 Å². The van der Waals surface area contributed by atoms with Crippen LogP contribution in [0.5, 0.6) is 0 Å². The average molecular weight is 243 g/mol. The standard InChI is InChI=1S/C8H13N5O2S/c1-5(2)3-16-8-6(13(14)15)7(12-9)10-4-11-8/h4-5H,3,9H2,1-2H3,(H,10,11,12). The average Bonchev–Trinajstić information content (AvgIpc) is 2.25. The van der Waals surface area contributed by atoms with E-state index in [1.165, 1.54) is 18.1 Å². The number of nitro groups is 1. The largest absolute Gasteiger partial charge is 0.344 e. The molecule has 0 amide bonds. The minimum absolute atomic E-state index is 0.0336. The van der Waals surface area contributed by atoms with Gasteiger partial charge in [-0.25, -0.2) is 15.8 Å². The molecule has 0 saturated carbocycles. The normalized spacial score (nSPS) is 10.5. The van der Waals surface area contributed by atoms with E-state index in [0.29, 0.717) is 10.9 Å². The Morgan fingerprint density at radius 1 is 1.62 bits per heavy atom. The topological polar surface area (TPSA) is 107 Å². The Bertz CT molecular complexity index is 385. The minimum Gasteiger partial charge on any atom is -0.303 e. The summed E-state index contributed by atoms with van der Waals surface area (Å²) in [6, 6.07) is 0. The lowest BCUT2D eigenvalue weighted by Crippen LogP contribution is -2.12. The van der Waals surface area contributed by atoms with Crippen molar-refractivity contribution in [3.05, 3.63) is 16.4 Å². The van der Waals surface area contributed by atoms with Gasteiger partial charge in [0.2, 0.25) is 5.82 Å². The maximum atomic E-state index is 10.9. The third kappa shape index (κ3) is 3.04. The number of hydrogen-bond acceptors (Lipinski definition) is 7. The summed E-state index contributed by atoms with van der Waals surface area (Å²) in [6.07, 6.45) is 1.25. The summed E-state index contributed by atoms with van der Waals surface area (Å²) in [5.74, 6) is 6.37. The van der Waals surface area contributed by atoms with Crippen LogP contribution in [0.2, 0.25) is 0 Å². The third-order valence-corrected chi connectivity index (χ3v) is 3.07. The van der Waals surface area contributed by atoms with Crippen molar-refractivity contribution in [2.24, 2.45) is 11.8 Å². The van der Waals surface area contributed by atoms with E-state index < -0.39 is 4.92 Å². The van der Waals surface area contributed by atoms with Crippen molar-refractivity contribution in [1.29, 1.82) is 0 Å². The number of anilines is 1. The SMILES string of the molecule is CC(C)CSc1ncnc(NN)c1[N+](=O)[O-]. The zero-order valence-electron chi connectivity index (χ0n) is 9.01. The van der Waals surface area contributed by atoms with Gasteiger partial charge in [0, 0.05) is 5.75 Å². The van der Waals surface area contributed by atoms with Crippen LogP contribution in [-0.2, 0) is 0 Å². The summed E-state index contributed by atoms with van der Waals surface area (Å²) in [7, 11) is 0. The van der Waals surface area contributed by atoms with Gasteiger partial charge in [0.05, 0.1) is 4.92 Å². The molecule has 0 radical (unpaired) electrons. The number of nitrogens with zero attached hydrogens (tertiary/aromatic N) is 3. The molecule has 0 spiro atoms. The van der Waals surface area contributed by atoms with Crippen molar-refractivity contribution in [3.63, 3.8) is 0 Å². The number of nitrogens with two attached hydrogens (primary N) is 1. The third-order valence-electron chi connectivity index (χ3n) is 1.66. The molecule has 0 aromatic carbocycles. The van der Waals surface area contributed by atoms with Crippen LogP contribution in [0.15, 0.2) is 11.4 Å². The van der Waals surface area contributed by atoms with Gasteiger partial charge in [-0.2, -0.15) is 0 Å². The molecule has 1 aromatic heterocycles. The van der Waals surface area contributed by atoms with E-state index in [2.05, 4.69) is 15.4 Å². The quantitative estimate of drug-likeness (QED) is 0.265. The second-order valence-electron chi connectivity index (χ2n) is 3.48. The van der Waals surface area contributed by atoms with Crippen molar-refractivity contribution in [1.82, 2.24) is 9.97 Å². The van der Waals surface area contributed by atoms with Gasteiger partial charge in [0.25, 0.3) is 0 Å². The highest BCUT2D eigenvalue weighted by molar-refractivity contribution is 7.99. The zero-order valence-corrected chi connectivity index (χ0v) is 9.82. The first-order valence-corrected chi connectivity index (χ1v) is 5.63. The smallest absolute Gasteiger partial charge is 0.303 e. The van der Waals surface area contributed by atoms with Crippen molar-refractivity contribution in [2.45, 2.75) is 18.9 Å². The van der Waals surface area contributed by atoms with Crippen molar-refractivity contribution >= 4 is 23.3 Å². The summed E-state index contributed by atoms with van der Waals surface area (Å²) >= 11 is 1.32. The summed E-state index contributed by atoms with van der Waals surface area (Å²) < 4.78 is 0. The molecule has 0 aliphatic rings. The molecule has 0 atom stereocenters. The van der Waals surface area contributed by atoms with Crippen LogP contribution < -0.4 is 11.3 Å². The Morgan fingerprint density at radius 2 is 2.31 bits per heavy atom. The molecule has 1 heterocycles. The Balaban J connectivity index is 3.02. The molecule has 0 fully saturated rings. The first-order valence-electron chi connectivity index (χ1n) is 4.65. The molecule has 16 heavy (non-hydrogen) atoms. The monoisotopic (exact) mass is 243 g/mol.